The number of amides is 2. The fourth-order valence-corrected chi connectivity index (χ4v) is 2.22. The second-order valence-electron chi connectivity index (χ2n) is 4.93. The molecule has 1 aromatic rings. The number of aryl methyl sites for hydroxylation is 1. The SMILES string of the molecule is Cc1ccc(C(N)=O)cc1NC(=O)C1CCCNC1.Cl. The van der Waals surface area contributed by atoms with Crippen molar-refractivity contribution in [3.05, 3.63) is 29.3 Å². The van der Waals surface area contributed by atoms with Crippen LogP contribution in [0.5, 0.6) is 0 Å². The minimum absolute atomic E-state index is 0. The van der Waals surface area contributed by atoms with Gasteiger partial charge < -0.3 is 16.4 Å². The summed E-state index contributed by atoms with van der Waals surface area (Å²) in [4.78, 5) is 23.3. The Bertz CT molecular complexity index is 499. The number of nitrogens with one attached hydrogen (secondary N) is 2. The van der Waals surface area contributed by atoms with Crippen molar-refractivity contribution in [1.29, 1.82) is 0 Å². The number of hydrogen-bond donors (Lipinski definition) is 3. The van der Waals surface area contributed by atoms with Gasteiger partial charge in [-0.15, -0.1) is 12.4 Å². The maximum absolute atomic E-state index is 12.1. The predicted molar refractivity (Wildman–Crippen MR) is 81.2 cm³/mol. The van der Waals surface area contributed by atoms with Crippen LogP contribution in [0.15, 0.2) is 18.2 Å². The van der Waals surface area contributed by atoms with Gasteiger partial charge in [0.15, 0.2) is 0 Å². The summed E-state index contributed by atoms with van der Waals surface area (Å²) in [6.45, 7) is 3.57. The molecule has 0 aromatic heterocycles. The van der Waals surface area contributed by atoms with Gasteiger partial charge in [0.1, 0.15) is 0 Å². The van der Waals surface area contributed by atoms with Crippen LogP contribution in [0.3, 0.4) is 0 Å². The Morgan fingerprint density at radius 3 is 2.75 bits per heavy atom. The Hall–Kier alpha value is -1.59. The minimum atomic E-state index is -0.491. The molecular weight excluding hydrogens is 278 g/mol. The molecular formula is C14H20ClN3O2. The number of anilines is 1. The summed E-state index contributed by atoms with van der Waals surface area (Å²) < 4.78 is 0. The van der Waals surface area contributed by atoms with Crippen molar-refractivity contribution in [3.8, 4) is 0 Å². The first kappa shape index (κ1) is 16.5. The largest absolute Gasteiger partial charge is 0.366 e. The first-order valence-electron chi connectivity index (χ1n) is 6.50. The number of halogens is 1. The molecule has 20 heavy (non-hydrogen) atoms. The van der Waals surface area contributed by atoms with E-state index in [1.807, 2.05) is 6.92 Å². The van der Waals surface area contributed by atoms with Gasteiger partial charge in [-0.05, 0) is 44.0 Å². The van der Waals surface area contributed by atoms with E-state index < -0.39 is 5.91 Å². The third-order valence-electron chi connectivity index (χ3n) is 3.45. The Morgan fingerprint density at radius 2 is 2.15 bits per heavy atom. The van der Waals surface area contributed by atoms with E-state index in [9.17, 15) is 9.59 Å². The molecule has 0 spiro atoms. The highest BCUT2D eigenvalue weighted by Gasteiger charge is 2.21. The molecule has 0 aliphatic carbocycles. The lowest BCUT2D eigenvalue weighted by Crippen LogP contribution is -2.37. The van der Waals surface area contributed by atoms with Crippen molar-refractivity contribution >= 4 is 29.9 Å². The van der Waals surface area contributed by atoms with E-state index in [2.05, 4.69) is 10.6 Å². The molecule has 0 radical (unpaired) electrons. The molecule has 1 saturated heterocycles. The van der Waals surface area contributed by atoms with E-state index in [-0.39, 0.29) is 24.2 Å². The average Bonchev–Trinajstić information content (AvgIpc) is 2.42. The van der Waals surface area contributed by atoms with Crippen LogP contribution in [0.1, 0.15) is 28.8 Å². The zero-order valence-electron chi connectivity index (χ0n) is 11.4. The van der Waals surface area contributed by atoms with E-state index in [0.717, 1.165) is 24.9 Å². The van der Waals surface area contributed by atoms with Gasteiger partial charge in [-0.2, -0.15) is 0 Å². The first-order chi connectivity index (χ1) is 9.08. The molecule has 5 nitrogen and oxygen atoms in total. The van der Waals surface area contributed by atoms with Gasteiger partial charge in [0, 0.05) is 17.8 Å². The second kappa shape index (κ2) is 7.26. The Kier molecular flexibility index (Phi) is 5.98. The van der Waals surface area contributed by atoms with Gasteiger partial charge in [0.05, 0.1) is 5.92 Å². The Balaban J connectivity index is 0.00000200. The van der Waals surface area contributed by atoms with Gasteiger partial charge in [-0.1, -0.05) is 6.07 Å². The maximum atomic E-state index is 12.1. The molecule has 110 valence electrons. The maximum Gasteiger partial charge on any atom is 0.248 e. The quantitative estimate of drug-likeness (QED) is 0.789. The molecule has 6 heteroatoms. The summed E-state index contributed by atoms with van der Waals surface area (Å²) in [5.74, 6) is -0.503. The smallest absolute Gasteiger partial charge is 0.248 e. The van der Waals surface area contributed by atoms with E-state index in [1.54, 1.807) is 18.2 Å². The van der Waals surface area contributed by atoms with Gasteiger partial charge >= 0.3 is 0 Å². The molecule has 1 aliphatic heterocycles. The number of carbonyl (C=O) groups excluding carboxylic acids is 2. The fourth-order valence-electron chi connectivity index (χ4n) is 2.22. The number of hydrogen-bond acceptors (Lipinski definition) is 3. The molecule has 1 aliphatic rings. The van der Waals surface area contributed by atoms with Crippen LogP contribution in [0.25, 0.3) is 0 Å². The van der Waals surface area contributed by atoms with Crippen LogP contribution in [-0.4, -0.2) is 24.9 Å². The topological polar surface area (TPSA) is 84.2 Å². The molecule has 1 atom stereocenters. The summed E-state index contributed by atoms with van der Waals surface area (Å²) in [6, 6.07) is 5.08. The lowest BCUT2D eigenvalue weighted by atomic mass is 9.98. The molecule has 1 unspecified atom stereocenters. The van der Waals surface area contributed by atoms with Gasteiger partial charge in [-0.3, -0.25) is 9.59 Å². The molecule has 4 N–H and O–H groups in total. The summed E-state index contributed by atoms with van der Waals surface area (Å²) in [6.07, 6.45) is 1.91. The Morgan fingerprint density at radius 1 is 1.40 bits per heavy atom. The summed E-state index contributed by atoms with van der Waals surface area (Å²) in [7, 11) is 0. The van der Waals surface area contributed by atoms with E-state index in [0.29, 0.717) is 17.8 Å². The van der Waals surface area contributed by atoms with Gasteiger partial charge in [0.2, 0.25) is 11.8 Å². The third-order valence-corrected chi connectivity index (χ3v) is 3.45. The number of nitrogens with two attached hydrogens (primary N) is 1. The molecule has 1 aromatic carbocycles. The number of rotatable bonds is 3. The van der Waals surface area contributed by atoms with Crippen LogP contribution < -0.4 is 16.4 Å². The minimum Gasteiger partial charge on any atom is -0.366 e. The highest BCUT2D eigenvalue weighted by Crippen LogP contribution is 2.19. The van der Waals surface area contributed by atoms with Crippen LogP contribution in [0.4, 0.5) is 5.69 Å². The second-order valence-corrected chi connectivity index (χ2v) is 4.93. The summed E-state index contributed by atoms with van der Waals surface area (Å²) >= 11 is 0. The summed E-state index contributed by atoms with van der Waals surface area (Å²) in [5.41, 5.74) is 7.23. The van der Waals surface area contributed by atoms with Gasteiger partial charge in [-0.25, -0.2) is 0 Å². The number of carbonyl (C=O) groups is 2. The molecule has 1 heterocycles. The number of benzene rings is 1. The molecule has 1 fully saturated rings. The van der Waals surface area contributed by atoms with Crippen molar-refractivity contribution in [1.82, 2.24) is 5.32 Å². The van der Waals surface area contributed by atoms with Crippen LogP contribution >= 0.6 is 12.4 Å². The molecule has 0 bridgehead atoms. The van der Waals surface area contributed by atoms with Crippen molar-refractivity contribution in [2.75, 3.05) is 18.4 Å². The Labute approximate surface area is 124 Å². The lowest BCUT2D eigenvalue weighted by Gasteiger charge is -2.22. The highest BCUT2D eigenvalue weighted by atomic mass is 35.5. The third kappa shape index (κ3) is 3.95. The fraction of sp³-hybridized carbons (Fsp3) is 0.429. The average molecular weight is 298 g/mol. The zero-order valence-corrected chi connectivity index (χ0v) is 12.3. The number of piperidine rings is 1. The molecule has 2 rings (SSSR count). The molecule has 2 amide bonds. The van der Waals surface area contributed by atoms with Crippen molar-refractivity contribution in [3.63, 3.8) is 0 Å². The highest BCUT2D eigenvalue weighted by molar-refractivity contribution is 5.97. The van der Waals surface area contributed by atoms with Crippen LogP contribution in [0.2, 0.25) is 0 Å². The molecule has 0 saturated carbocycles. The standard InChI is InChI=1S/C14H19N3O2.ClH/c1-9-4-5-10(13(15)18)7-12(9)17-14(19)11-3-2-6-16-8-11;/h4-5,7,11,16H,2-3,6,8H2,1H3,(H2,15,18)(H,17,19);1H. The normalized spacial score (nSPS) is 17.9. The van der Waals surface area contributed by atoms with Crippen LogP contribution in [0, 0.1) is 12.8 Å². The predicted octanol–water partition coefficient (Wildman–Crippen LogP) is 1.45. The van der Waals surface area contributed by atoms with Crippen molar-refractivity contribution in [2.45, 2.75) is 19.8 Å². The lowest BCUT2D eigenvalue weighted by molar-refractivity contribution is -0.120. The van der Waals surface area contributed by atoms with Crippen molar-refractivity contribution in [2.24, 2.45) is 11.7 Å². The van der Waals surface area contributed by atoms with E-state index >= 15 is 0 Å². The van der Waals surface area contributed by atoms with Crippen LogP contribution in [-0.2, 0) is 4.79 Å². The van der Waals surface area contributed by atoms with E-state index in [1.165, 1.54) is 0 Å². The van der Waals surface area contributed by atoms with Gasteiger partial charge in [0.25, 0.3) is 0 Å². The zero-order chi connectivity index (χ0) is 13.8. The van der Waals surface area contributed by atoms with E-state index in [4.69, 9.17) is 5.73 Å². The first-order valence-corrected chi connectivity index (χ1v) is 6.50. The monoisotopic (exact) mass is 297 g/mol. The summed E-state index contributed by atoms with van der Waals surface area (Å²) in [5, 5.41) is 6.10. The number of primary amides is 1. The van der Waals surface area contributed by atoms with Crippen molar-refractivity contribution < 1.29 is 9.59 Å².